The van der Waals surface area contributed by atoms with E-state index in [0.29, 0.717) is 12.5 Å². The molecule has 2 rings (SSSR count). The van der Waals surface area contributed by atoms with Crippen LogP contribution in [-0.2, 0) is 17.8 Å². The van der Waals surface area contributed by atoms with Gasteiger partial charge in [-0.05, 0) is 49.4 Å². The van der Waals surface area contributed by atoms with Crippen molar-refractivity contribution < 1.29 is 4.79 Å². The molecule has 0 aliphatic carbocycles. The third kappa shape index (κ3) is 4.07. The molecule has 1 fully saturated rings. The summed E-state index contributed by atoms with van der Waals surface area (Å²) in [6.07, 6.45) is 3.35. The van der Waals surface area contributed by atoms with Crippen LogP contribution in [0.5, 0.6) is 0 Å². The van der Waals surface area contributed by atoms with Crippen LogP contribution in [0.3, 0.4) is 0 Å². The predicted octanol–water partition coefficient (Wildman–Crippen LogP) is 2.89. The van der Waals surface area contributed by atoms with Crippen molar-refractivity contribution in [3.05, 3.63) is 35.4 Å². The van der Waals surface area contributed by atoms with E-state index < -0.39 is 0 Å². The minimum atomic E-state index is -0.309. The van der Waals surface area contributed by atoms with Gasteiger partial charge in [0.2, 0.25) is 5.91 Å². The Kier molecular flexibility index (Phi) is 5.40. The number of piperidine rings is 1. The number of nitrogens with one attached hydrogen (secondary N) is 2. The van der Waals surface area contributed by atoms with Crippen molar-refractivity contribution in [3.63, 3.8) is 0 Å². The normalized spacial score (nSPS) is 19.3. The molecule has 1 aromatic carbocycles. The Morgan fingerprint density at radius 1 is 1.29 bits per heavy atom. The molecule has 2 N–H and O–H groups in total. The van der Waals surface area contributed by atoms with Gasteiger partial charge in [-0.25, -0.2) is 0 Å². The van der Waals surface area contributed by atoms with Crippen LogP contribution in [0.25, 0.3) is 0 Å². The first-order valence-corrected chi connectivity index (χ1v) is 8.11. The number of hydrogen-bond acceptors (Lipinski definition) is 2. The van der Waals surface area contributed by atoms with E-state index in [0.717, 1.165) is 31.5 Å². The summed E-state index contributed by atoms with van der Waals surface area (Å²) in [5.74, 6) is 0.587. The van der Waals surface area contributed by atoms with Crippen molar-refractivity contribution in [2.75, 3.05) is 13.1 Å². The second-order valence-electron chi connectivity index (χ2n) is 6.62. The summed E-state index contributed by atoms with van der Waals surface area (Å²) in [5, 5.41) is 6.51. The highest BCUT2D eigenvalue weighted by Crippen LogP contribution is 2.31. The molecule has 1 aromatic rings. The van der Waals surface area contributed by atoms with Crippen molar-refractivity contribution in [2.45, 2.75) is 46.6 Å². The summed E-state index contributed by atoms with van der Waals surface area (Å²) >= 11 is 0. The number of carbonyl (C=O) groups excluding carboxylic acids is 1. The van der Waals surface area contributed by atoms with Gasteiger partial charge in [-0.2, -0.15) is 0 Å². The van der Waals surface area contributed by atoms with Crippen LogP contribution in [0.4, 0.5) is 0 Å². The van der Waals surface area contributed by atoms with E-state index in [1.54, 1.807) is 0 Å². The standard InChI is InChI=1S/C18H28N2O/c1-4-14-7-9-15(10-8-14)12-20-17(21)18(2,3)16-6-5-11-19-13-16/h7-10,16,19H,4-6,11-13H2,1-3H3,(H,20,21). The van der Waals surface area contributed by atoms with Crippen LogP contribution in [0.1, 0.15) is 44.7 Å². The molecule has 3 nitrogen and oxygen atoms in total. The molecule has 1 aliphatic rings. The molecule has 1 amide bonds. The molecule has 0 spiro atoms. The lowest BCUT2D eigenvalue weighted by Crippen LogP contribution is -2.47. The van der Waals surface area contributed by atoms with E-state index in [4.69, 9.17) is 0 Å². The molecule has 3 heteroatoms. The van der Waals surface area contributed by atoms with Crippen molar-refractivity contribution in [1.29, 1.82) is 0 Å². The maximum atomic E-state index is 12.5. The molecule has 0 bridgehead atoms. The number of aryl methyl sites for hydroxylation is 1. The Balaban J connectivity index is 1.90. The average Bonchev–Trinajstić information content (AvgIpc) is 2.53. The van der Waals surface area contributed by atoms with Gasteiger partial charge in [0.25, 0.3) is 0 Å². The lowest BCUT2D eigenvalue weighted by molar-refractivity contribution is -0.132. The van der Waals surface area contributed by atoms with Crippen molar-refractivity contribution in [2.24, 2.45) is 11.3 Å². The van der Waals surface area contributed by atoms with Gasteiger partial charge in [0.05, 0.1) is 0 Å². The summed E-state index contributed by atoms with van der Waals surface area (Å²) < 4.78 is 0. The second-order valence-corrected chi connectivity index (χ2v) is 6.62. The van der Waals surface area contributed by atoms with E-state index in [1.165, 1.54) is 12.0 Å². The first-order chi connectivity index (χ1) is 10.0. The van der Waals surface area contributed by atoms with Gasteiger partial charge in [-0.15, -0.1) is 0 Å². The molecule has 1 atom stereocenters. The van der Waals surface area contributed by atoms with E-state index in [2.05, 4.69) is 55.7 Å². The fourth-order valence-electron chi connectivity index (χ4n) is 2.96. The zero-order valence-corrected chi connectivity index (χ0v) is 13.5. The monoisotopic (exact) mass is 288 g/mol. The SMILES string of the molecule is CCc1ccc(CNC(=O)C(C)(C)C2CCCNC2)cc1. The highest BCUT2D eigenvalue weighted by Gasteiger charge is 2.36. The van der Waals surface area contributed by atoms with Gasteiger partial charge in [-0.3, -0.25) is 4.79 Å². The van der Waals surface area contributed by atoms with Crippen molar-refractivity contribution >= 4 is 5.91 Å². The second kappa shape index (κ2) is 7.08. The van der Waals surface area contributed by atoms with Gasteiger partial charge >= 0.3 is 0 Å². The third-order valence-electron chi connectivity index (χ3n) is 4.79. The number of amides is 1. The Morgan fingerprint density at radius 2 is 1.95 bits per heavy atom. The first kappa shape index (κ1) is 16.0. The smallest absolute Gasteiger partial charge is 0.226 e. The van der Waals surface area contributed by atoms with Gasteiger partial charge in [-0.1, -0.05) is 45.0 Å². The number of hydrogen-bond donors (Lipinski definition) is 2. The molecule has 1 aliphatic heterocycles. The maximum Gasteiger partial charge on any atom is 0.226 e. The van der Waals surface area contributed by atoms with Gasteiger partial charge in [0, 0.05) is 12.0 Å². The first-order valence-electron chi connectivity index (χ1n) is 8.11. The summed E-state index contributed by atoms with van der Waals surface area (Å²) in [7, 11) is 0. The fourth-order valence-corrected chi connectivity index (χ4v) is 2.96. The van der Waals surface area contributed by atoms with Crippen LogP contribution in [0.2, 0.25) is 0 Å². The van der Waals surface area contributed by atoms with Gasteiger partial charge < -0.3 is 10.6 Å². The molecule has 1 saturated heterocycles. The van der Waals surface area contributed by atoms with E-state index >= 15 is 0 Å². The fraction of sp³-hybridized carbons (Fsp3) is 0.611. The quantitative estimate of drug-likeness (QED) is 0.874. The van der Waals surface area contributed by atoms with Crippen LogP contribution in [0, 0.1) is 11.3 Å². The zero-order chi connectivity index (χ0) is 15.3. The third-order valence-corrected chi connectivity index (χ3v) is 4.79. The van der Waals surface area contributed by atoms with Gasteiger partial charge in [0.15, 0.2) is 0 Å². The van der Waals surface area contributed by atoms with E-state index in [1.807, 2.05) is 0 Å². The highest BCUT2D eigenvalue weighted by atomic mass is 16.2. The molecule has 1 unspecified atom stereocenters. The molecule has 0 aromatic heterocycles. The predicted molar refractivity (Wildman–Crippen MR) is 87.0 cm³/mol. The highest BCUT2D eigenvalue weighted by molar-refractivity contribution is 5.82. The molecule has 0 saturated carbocycles. The van der Waals surface area contributed by atoms with Crippen LogP contribution >= 0.6 is 0 Å². The Bertz CT molecular complexity index is 459. The summed E-state index contributed by atoms with van der Waals surface area (Å²) in [4.78, 5) is 12.5. The Morgan fingerprint density at radius 3 is 2.52 bits per heavy atom. The number of benzene rings is 1. The van der Waals surface area contributed by atoms with Crippen molar-refractivity contribution in [3.8, 4) is 0 Å². The molecular formula is C18H28N2O. The molecule has 116 valence electrons. The Labute approximate surface area is 128 Å². The number of rotatable bonds is 5. The molecule has 1 heterocycles. The molecular weight excluding hydrogens is 260 g/mol. The minimum absolute atomic E-state index is 0.163. The largest absolute Gasteiger partial charge is 0.352 e. The topological polar surface area (TPSA) is 41.1 Å². The summed E-state index contributed by atoms with van der Waals surface area (Å²) in [5.41, 5.74) is 2.19. The summed E-state index contributed by atoms with van der Waals surface area (Å²) in [6.45, 7) is 8.94. The lowest BCUT2D eigenvalue weighted by Gasteiger charge is -2.36. The minimum Gasteiger partial charge on any atom is -0.352 e. The van der Waals surface area contributed by atoms with Crippen LogP contribution in [-0.4, -0.2) is 19.0 Å². The average molecular weight is 288 g/mol. The Hall–Kier alpha value is -1.35. The van der Waals surface area contributed by atoms with Gasteiger partial charge in [0.1, 0.15) is 0 Å². The molecule has 0 radical (unpaired) electrons. The number of carbonyl (C=O) groups is 1. The summed E-state index contributed by atoms with van der Waals surface area (Å²) in [6, 6.07) is 8.48. The molecule has 21 heavy (non-hydrogen) atoms. The van der Waals surface area contributed by atoms with E-state index in [-0.39, 0.29) is 11.3 Å². The van der Waals surface area contributed by atoms with Crippen LogP contribution in [0.15, 0.2) is 24.3 Å². The zero-order valence-electron chi connectivity index (χ0n) is 13.5. The van der Waals surface area contributed by atoms with Crippen molar-refractivity contribution in [1.82, 2.24) is 10.6 Å². The van der Waals surface area contributed by atoms with E-state index in [9.17, 15) is 4.79 Å². The lowest BCUT2D eigenvalue weighted by atomic mass is 9.74. The van der Waals surface area contributed by atoms with Crippen LogP contribution < -0.4 is 10.6 Å². The maximum absolute atomic E-state index is 12.5.